The molecule has 8 nitrogen and oxygen atoms in total. The number of aromatic nitrogens is 4. The smallest absolute Gasteiger partial charge is 0.335 e. The van der Waals surface area contributed by atoms with Crippen LogP contribution in [0.4, 0.5) is 0 Å². The van der Waals surface area contributed by atoms with Crippen molar-refractivity contribution in [1.29, 1.82) is 0 Å². The van der Waals surface area contributed by atoms with Crippen molar-refractivity contribution in [1.82, 2.24) is 19.1 Å². The average Bonchev–Trinajstić information content (AvgIpc) is 3.41. The zero-order valence-electron chi connectivity index (χ0n) is 15.2. The van der Waals surface area contributed by atoms with Crippen molar-refractivity contribution >= 4 is 33.5 Å². The van der Waals surface area contributed by atoms with Crippen LogP contribution < -0.4 is 0 Å². The Morgan fingerprint density at radius 3 is 1.37 bits per heavy atom. The summed E-state index contributed by atoms with van der Waals surface area (Å²) in [5, 5.41) is 19.5. The van der Waals surface area contributed by atoms with Gasteiger partial charge in [-0.3, -0.25) is 9.13 Å². The van der Waals surface area contributed by atoms with E-state index in [0.29, 0.717) is 10.3 Å². The van der Waals surface area contributed by atoms with E-state index in [1.54, 1.807) is 73.3 Å². The van der Waals surface area contributed by atoms with Crippen LogP contribution in [-0.4, -0.2) is 41.3 Å². The first-order valence-corrected chi connectivity index (χ1v) is 10.8. The maximum Gasteiger partial charge on any atom is 0.335 e. The molecular formula is C20H14N4O4S2. The van der Waals surface area contributed by atoms with Gasteiger partial charge in [0.2, 0.25) is 0 Å². The summed E-state index contributed by atoms with van der Waals surface area (Å²) in [5.41, 5.74) is 2.04. The van der Waals surface area contributed by atoms with Gasteiger partial charge in [-0.25, -0.2) is 19.6 Å². The van der Waals surface area contributed by atoms with Crippen molar-refractivity contribution in [3.8, 4) is 11.4 Å². The molecule has 2 aromatic carbocycles. The van der Waals surface area contributed by atoms with Gasteiger partial charge in [-0.05, 0) is 70.1 Å². The van der Waals surface area contributed by atoms with Gasteiger partial charge in [0.15, 0.2) is 10.3 Å². The molecule has 0 fully saturated rings. The van der Waals surface area contributed by atoms with Crippen LogP contribution in [0, 0.1) is 0 Å². The predicted molar refractivity (Wildman–Crippen MR) is 113 cm³/mol. The van der Waals surface area contributed by atoms with E-state index in [4.69, 9.17) is 10.2 Å². The molecule has 0 amide bonds. The topological polar surface area (TPSA) is 110 Å². The molecule has 0 aliphatic heterocycles. The molecule has 0 radical (unpaired) electrons. The number of hydrogen-bond donors (Lipinski definition) is 2. The molecule has 0 spiro atoms. The molecule has 0 bridgehead atoms. The van der Waals surface area contributed by atoms with Crippen LogP contribution in [0.1, 0.15) is 20.7 Å². The summed E-state index contributed by atoms with van der Waals surface area (Å²) in [6.07, 6.45) is 6.95. The van der Waals surface area contributed by atoms with Gasteiger partial charge in [-0.15, -0.1) is 0 Å². The van der Waals surface area contributed by atoms with Gasteiger partial charge in [0.25, 0.3) is 0 Å². The second-order valence-electron chi connectivity index (χ2n) is 6.03. The Kier molecular flexibility index (Phi) is 5.59. The lowest BCUT2D eigenvalue weighted by Crippen LogP contribution is -1.99. The molecule has 0 aliphatic carbocycles. The lowest BCUT2D eigenvalue weighted by molar-refractivity contribution is 0.0686. The Bertz CT molecular complexity index is 1100. The number of hydrogen-bond acceptors (Lipinski definition) is 6. The second-order valence-corrected chi connectivity index (χ2v) is 8.09. The Labute approximate surface area is 178 Å². The third-order valence-corrected chi connectivity index (χ3v) is 6.32. The molecule has 0 aliphatic rings. The zero-order valence-corrected chi connectivity index (χ0v) is 16.9. The molecule has 4 aromatic rings. The van der Waals surface area contributed by atoms with Gasteiger partial charge in [0.1, 0.15) is 0 Å². The van der Waals surface area contributed by atoms with E-state index < -0.39 is 11.9 Å². The molecule has 4 rings (SSSR count). The molecule has 30 heavy (non-hydrogen) atoms. The van der Waals surface area contributed by atoms with Crippen LogP contribution in [0.2, 0.25) is 0 Å². The quantitative estimate of drug-likeness (QED) is 0.412. The first kappa shape index (κ1) is 19.8. The Balaban J connectivity index is 1.52. The maximum atomic E-state index is 11.0. The molecular weight excluding hydrogens is 424 g/mol. The Morgan fingerprint density at radius 1 is 0.667 bits per heavy atom. The van der Waals surface area contributed by atoms with E-state index in [0.717, 1.165) is 11.4 Å². The highest BCUT2D eigenvalue weighted by Crippen LogP contribution is 2.37. The molecule has 2 heterocycles. The summed E-state index contributed by atoms with van der Waals surface area (Å²) in [6.45, 7) is 0. The molecule has 0 atom stereocenters. The highest BCUT2D eigenvalue weighted by Gasteiger charge is 2.12. The summed E-state index contributed by atoms with van der Waals surface area (Å²) < 4.78 is 3.72. The van der Waals surface area contributed by atoms with Crippen molar-refractivity contribution in [2.75, 3.05) is 0 Å². The fraction of sp³-hybridized carbons (Fsp3) is 0. The van der Waals surface area contributed by atoms with Crippen LogP contribution in [0.5, 0.6) is 0 Å². The van der Waals surface area contributed by atoms with Gasteiger partial charge in [-0.1, -0.05) is 0 Å². The molecule has 10 heteroatoms. The fourth-order valence-corrected chi connectivity index (χ4v) is 4.74. The number of nitrogens with zero attached hydrogens (tertiary/aromatic N) is 4. The van der Waals surface area contributed by atoms with Crippen LogP contribution in [0.25, 0.3) is 11.4 Å². The first-order valence-electron chi connectivity index (χ1n) is 8.61. The highest BCUT2D eigenvalue weighted by atomic mass is 33.1. The van der Waals surface area contributed by atoms with E-state index in [-0.39, 0.29) is 11.1 Å². The zero-order chi connectivity index (χ0) is 21.1. The number of aromatic carboxylic acids is 2. The summed E-state index contributed by atoms with van der Waals surface area (Å²) in [4.78, 5) is 30.8. The lowest BCUT2D eigenvalue weighted by atomic mass is 10.2. The largest absolute Gasteiger partial charge is 0.478 e. The van der Waals surface area contributed by atoms with E-state index in [9.17, 15) is 9.59 Å². The minimum Gasteiger partial charge on any atom is -0.478 e. The van der Waals surface area contributed by atoms with Gasteiger partial charge in [-0.2, -0.15) is 0 Å². The lowest BCUT2D eigenvalue weighted by Gasteiger charge is -2.09. The Morgan fingerprint density at radius 2 is 1.03 bits per heavy atom. The normalized spacial score (nSPS) is 10.8. The van der Waals surface area contributed by atoms with E-state index in [1.165, 1.54) is 21.6 Å². The van der Waals surface area contributed by atoms with Crippen molar-refractivity contribution in [3.05, 3.63) is 84.4 Å². The van der Waals surface area contributed by atoms with Crippen molar-refractivity contribution in [3.63, 3.8) is 0 Å². The molecule has 150 valence electrons. The summed E-state index contributed by atoms with van der Waals surface area (Å²) >= 11 is 0. The summed E-state index contributed by atoms with van der Waals surface area (Å²) in [7, 11) is 2.82. The second kappa shape index (κ2) is 8.47. The summed E-state index contributed by atoms with van der Waals surface area (Å²) in [6, 6.07) is 13.1. The van der Waals surface area contributed by atoms with E-state index in [2.05, 4.69) is 9.97 Å². The molecule has 2 N–H and O–H groups in total. The predicted octanol–water partition coefficient (Wildman–Crippen LogP) is 4.25. The van der Waals surface area contributed by atoms with Gasteiger partial charge in [0.05, 0.1) is 11.1 Å². The SMILES string of the molecule is O=C(O)c1ccc(-n2ccnc2SSc2nccn2-c2ccc(C(=O)O)cc2)cc1. The number of benzene rings is 2. The number of carboxylic acids is 2. The van der Waals surface area contributed by atoms with Gasteiger partial charge < -0.3 is 10.2 Å². The monoisotopic (exact) mass is 438 g/mol. The minimum atomic E-state index is -0.972. The highest BCUT2D eigenvalue weighted by molar-refractivity contribution is 8.76. The van der Waals surface area contributed by atoms with Crippen LogP contribution >= 0.6 is 21.6 Å². The summed E-state index contributed by atoms with van der Waals surface area (Å²) in [5.74, 6) is -1.94. The number of carbonyl (C=O) groups is 2. The third-order valence-electron chi connectivity index (χ3n) is 4.19. The first-order chi connectivity index (χ1) is 14.5. The third kappa shape index (κ3) is 4.09. The van der Waals surface area contributed by atoms with Crippen molar-refractivity contribution < 1.29 is 19.8 Å². The standard InChI is InChI=1S/C20H14N4O4S2/c25-17(26)13-1-5-15(6-2-13)23-11-9-21-19(23)29-30-20-22-10-12-24(20)16-7-3-14(4-8-16)18(27)28/h1-12H,(H,25,26)(H,27,28). The van der Waals surface area contributed by atoms with Gasteiger partial charge >= 0.3 is 11.9 Å². The number of rotatable bonds is 7. The minimum absolute atomic E-state index is 0.221. The number of imidazole rings is 2. The van der Waals surface area contributed by atoms with E-state index in [1.807, 2.05) is 9.13 Å². The molecule has 2 aromatic heterocycles. The van der Waals surface area contributed by atoms with Crippen LogP contribution in [0.15, 0.2) is 83.6 Å². The van der Waals surface area contributed by atoms with Crippen molar-refractivity contribution in [2.45, 2.75) is 10.3 Å². The average molecular weight is 438 g/mol. The number of carboxylic acid groups (broad SMARTS) is 2. The molecule has 0 saturated heterocycles. The van der Waals surface area contributed by atoms with Crippen molar-refractivity contribution in [2.24, 2.45) is 0 Å². The molecule has 0 unspecified atom stereocenters. The molecule has 0 saturated carbocycles. The van der Waals surface area contributed by atoms with E-state index >= 15 is 0 Å². The van der Waals surface area contributed by atoms with Crippen LogP contribution in [-0.2, 0) is 0 Å². The maximum absolute atomic E-state index is 11.0. The van der Waals surface area contributed by atoms with Crippen LogP contribution in [0.3, 0.4) is 0 Å². The van der Waals surface area contributed by atoms with Gasteiger partial charge in [0, 0.05) is 36.2 Å². The fourth-order valence-electron chi connectivity index (χ4n) is 2.70. The Hall–Kier alpha value is -3.50.